The van der Waals surface area contributed by atoms with Gasteiger partial charge in [0.25, 0.3) is 5.91 Å². The maximum Gasteiger partial charge on any atom is 0.344 e. The highest BCUT2D eigenvalue weighted by Gasteiger charge is 2.28. The van der Waals surface area contributed by atoms with Gasteiger partial charge in [0.05, 0.1) is 12.2 Å². The Morgan fingerprint density at radius 2 is 1.79 bits per heavy atom. The molecule has 0 bridgehead atoms. The molecule has 1 heterocycles. The van der Waals surface area contributed by atoms with Gasteiger partial charge in [0.2, 0.25) is 5.88 Å². The zero-order valence-electron chi connectivity index (χ0n) is 13.4. The number of Topliss-reactive ketones (excluding diaryl/α,β-unsaturated/α-hetero) is 1. The van der Waals surface area contributed by atoms with Crippen LogP contribution in [0.5, 0.6) is 0 Å². The fourth-order valence-electron chi connectivity index (χ4n) is 2.23. The average molecular weight is 350 g/mol. The lowest BCUT2D eigenvalue weighted by atomic mass is 10.1. The number of hydrogen-bond donors (Lipinski definition) is 1. The van der Waals surface area contributed by atoms with Crippen molar-refractivity contribution in [2.75, 3.05) is 11.9 Å². The number of ketones is 1. The van der Waals surface area contributed by atoms with Gasteiger partial charge in [-0.15, -0.1) is 0 Å². The number of hydrogen-bond acceptors (Lipinski definition) is 5. The third-order valence-corrected chi connectivity index (χ3v) is 3.50. The average Bonchev–Trinajstić information content (AvgIpc) is 2.84. The van der Waals surface area contributed by atoms with Crippen molar-refractivity contribution in [3.8, 4) is 0 Å². The van der Waals surface area contributed by atoms with Crippen LogP contribution in [0.3, 0.4) is 0 Å². The van der Waals surface area contributed by atoms with E-state index in [9.17, 15) is 14.4 Å². The number of carbonyl (C=O) groups excluding carboxylic acids is 3. The number of ether oxygens (including phenoxy) is 1. The molecule has 0 saturated carbocycles. The van der Waals surface area contributed by atoms with Crippen LogP contribution in [0.15, 0.2) is 28.7 Å². The first-order chi connectivity index (χ1) is 11.3. The van der Waals surface area contributed by atoms with Crippen LogP contribution in [0, 0.1) is 6.92 Å². The lowest BCUT2D eigenvalue weighted by Gasteiger charge is -2.06. The van der Waals surface area contributed by atoms with E-state index in [4.69, 9.17) is 20.8 Å². The van der Waals surface area contributed by atoms with Crippen LogP contribution in [0.4, 0.5) is 5.88 Å². The summed E-state index contributed by atoms with van der Waals surface area (Å²) in [6.45, 7) is 4.62. The Morgan fingerprint density at radius 1 is 1.17 bits per heavy atom. The van der Waals surface area contributed by atoms with Gasteiger partial charge in [-0.05, 0) is 45.0 Å². The highest BCUT2D eigenvalue weighted by Crippen LogP contribution is 2.29. The highest BCUT2D eigenvalue weighted by atomic mass is 35.5. The summed E-state index contributed by atoms with van der Waals surface area (Å²) in [5, 5.41) is 2.99. The minimum Gasteiger partial charge on any atom is -0.462 e. The maximum absolute atomic E-state index is 12.3. The van der Waals surface area contributed by atoms with Gasteiger partial charge in [-0.25, -0.2) is 4.79 Å². The fourth-order valence-corrected chi connectivity index (χ4v) is 2.36. The van der Waals surface area contributed by atoms with Crippen molar-refractivity contribution in [2.45, 2.75) is 20.8 Å². The summed E-state index contributed by atoms with van der Waals surface area (Å²) >= 11 is 5.79. The van der Waals surface area contributed by atoms with Gasteiger partial charge in [-0.1, -0.05) is 11.6 Å². The van der Waals surface area contributed by atoms with Crippen molar-refractivity contribution < 1.29 is 23.5 Å². The number of rotatable bonds is 5. The van der Waals surface area contributed by atoms with Gasteiger partial charge in [-0.3, -0.25) is 14.9 Å². The zero-order valence-corrected chi connectivity index (χ0v) is 14.2. The van der Waals surface area contributed by atoms with Crippen molar-refractivity contribution >= 4 is 35.1 Å². The van der Waals surface area contributed by atoms with Gasteiger partial charge >= 0.3 is 5.97 Å². The second-order valence-corrected chi connectivity index (χ2v) is 5.41. The molecule has 1 aromatic carbocycles. The lowest BCUT2D eigenvalue weighted by molar-refractivity contribution is 0.0524. The fraction of sp³-hybridized carbons (Fsp3) is 0.235. The van der Waals surface area contributed by atoms with E-state index < -0.39 is 11.9 Å². The van der Waals surface area contributed by atoms with Crippen molar-refractivity contribution in [3.05, 3.63) is 51.7 Å². The van der Waals surface area contributed by atoms with Gasteiger partial charge in [0.15, 0.2) is 5.78 Å². The maximum atomic E-state index is 12.3. The summed E-state index contributed by atoms with van der Waals surface area (Å²) in [5.41, 5.74) is 0.344. The van der Waals surface area contributed by atoms with Crippen LogP contribution in [-0.4, -0.2) is 24.3 Å². The highest BCUT2D eigenvalue weighted by molar-refractivity contribution is 6.30. The third kappa shape index (κ3) is 3.65. The largest absolute Gasteiger partial charge is 0.462 e. The molecule has 126 valence electrons. The minimum atomic E-state index is -0.731. The third-order valence-electron chi connectivity index (χ3n) is 3.25. The topological polar surface area (TPSA) is 85.6 Å². The van der Waals surface area contributed by atoms with Crippen LogP contribution in [0.2, 0.25) is 5.02 Å². The number of esters is 1. The molecule has 0 fully saturated rings. The second-order valence-electron chi connectivity index (χ2n) is 4.98. The smallest absolute Gasteiger partial charge is 0.344 e. The first kappa shape index (κ1) is 17.7. The Labute approximate surface area is 143 Å². The van der Waals surface area contributed by atoms with Crippen LogP contribution in [0.25, 0.3) is 0 Å². The first-order valence-electron chi connectivity index (χ1n) is 7.23. The van der Waals surface area contributed by atoms with Crippen LogP contribution >= 0.6 is 11.6 Å². The molecule has 0 saturated heterocycles. The Balaban J connectivity index is 2.40. The van der Waals surface area contributed by atoms with E-state index >= 15 is 0 Å². The molecule has 2 rings (SSSR count). The number of furan rings is 1. The van der Waals surface area contributed by atoms with Crippen LogP contribution < -0.4 is 5.32 Å². The van der Waals surface area contributed by atoms with E-state index in [1.807, 2.05) is 0 Å². The molecule has 2 aromatic rings. The predicted octanol–water partition coefficient (Wildman–Crippen LogP) is 3.87. The molecule has 24 heavy (non-hydrogen) atoms. The van der Waals surface area contributed by atoms with Gasteiger partial charge < -0.3 is 9.15 Å². The predicted molar refractivity (Wildman–Crippen MR) is 88.8 cm³/mol. The molecule has 1 N–H and O–H groups in total. The summed E-state index contributed by atoms with van der Waals surface area (Å²) < 4.78 is 10.4. The Kier molecular flexibility index (Phi) is 5.41. The van der Waals surface area contributed by atoms with Crippen molar-refractivity contribution in [3.63, 3.8) is 0 Å². The minimum absolute atomic E-state index is 0.0795. The van der Waals surface area contributed by atoms with E-state index in [0.717, 1.165) is 0 Å². The van der Waals surface area contributed by atoms with Crippen molar-refractivity contribution in [1.82, 2.24) is 0 Å². The standard InChI is InChI=1S/C17H16ClNO5/c1-4-23-17(22)14-13(9(2)20)10(3)24-16(14)19-15(21)11-5-7-12(18)8-6-11/h5-8H,4H2,1-3H3,(H,19,21). The molecular weight excluding hydrogens is 334 g/mol. The molecule has 0 radical (unpaired) electrons. The number of carbonyl (C=O) groups is 3. The van der Waals surface area contributed by atoms with Gasteiger partial charge in [0.1, 0.15) is 11.3 Å². The molecular formula is C17H16ClNO5. The van der Waals surface area contributed by atoms with Crippen LogP contribution in [0.1, 0.15) is 50.7 Å². The molecule has 0 aliphatic rings. The molecule has 7 heteroatoms. The molecule has 0 aliphatic carbocycles. The van der Waals surface area contributed by atoms with E-state index in [-0.39, 0.29) is 35.2 Å². The normalized spacial score (nSPS) is 10.3. The molecule has 1 aromatic heterocycles. The summed E-state index contributed by atoms with van der Waals surface area (Å²) in [7, 11) is 0. The van der Waals surface area contributed by atoms with Crippen molar-refractivity contribution in [1.29, 1.82) is 0 Å². The Bertz CT molecular complexity index is 792. The quantitative estimate of drug-likeness (QED) is 0.654. The monoisotopic (exact) mass is 349 g/mol. The summed E-state index contributed by atoms with van der Waals surface area (Å²) in [6.07, 6.45) is 0. The van der Waals surface area contributed by atoms with Gasteiger partial charge in [0, 0.05) is 10.6 Å². The molecule has 0 unspecified atom stereocenters. The van der Waals surface area contributed by atoms with E-state index in [2.05, 4.69) is 5.32 Å². The number of nitrogens with one attached hydrogen (secondary N) is 1. The zero-order chi connectivity index (χ0) is 17.9. The SMILES string of the molecule is CCOC(=O)c1c(NC(=O)c2ccc(Cl)cc2)oc(C)c1C(C)=O. The number of halogens is 1. The number of benzene rings is 1. The molecule has 6 nitrogen and oxygen atoms in total. The molecule has 0 aliphatic heterocycles. The summed E-state index contributed by atoms with van der Waals surface area (Å²) in [5.74, 6) is -1.47. The Morgan fingerprint density at radius 3 is 2.33 bits per heavy atom. The molecule has 0 atom stereocenters. The number of amides is 1. The summed E-state index contributed by atoms with van der Waals surface area (Å²) in [6, 6.07) is 6.20. The molecule has 1 amide bonds. The van der Waals surface area contributed by atoms with E-state index in [1.165, 1.54) is 26.0 Å². The number of anilines is 1. The second kappa shape index (κ2) is 7.31. The first-order valence-corrected chi connectivity index (χ1v) is 7.61. The van der Waals surface area contributed by atoms with Crippen LogP contribution in [-0.2, 0) is 4.74 Å². The van der Waals surface area contributed by atoms with Crippen molar-refractivity contribution in [2.24, 2.45) is 0 Å². The van der Waals surface area contributed by atoms with Gasteiger partial charge in [-0.2, -0.15) is 0 Å². The van der Waals surface area contributed by atoms with E-state index in [1.54, 1.807) is 19.1 Å². The Hall–Kier alpha value is -2.60. The summed E-state index contributed by atoms with van der Waals surface area (Å²) in [4.78, 5) is 36.3. The lowest BCUT2D eigenvalue weighted by Crippen LogP contribution is -2.16. The van der Waals surface area contributed by atoms with E-state index in [0.29, 0.717) is 10.6 Å². The number of aryl methyl sites for hydroxylation is 1. The molecule has 0 spiro atoms.